The zero-order chi connectivity index (χ0) is 14.6. The Hall–Kier alpha value is -0.950. The molecule has 1 aliphatic heterocycles. The van der Waals surface area contributed by atoms with E-state index in [1.165, 1.54) is 0 Å². The molecule has 0 aliphatic carbocycles. The summed E-state index contributed by atoms with van der Waals surface area (Å²) in [5.41, 5.74) is 2.08. The maximum atomic E-state index is 12.4. The van der Waals surface area contributed by atoms with Gasteiger partial charge in [-0.2, -0.15) is 0 Å². The van der Waals surface area contributed by atoms with Gasteiger partial charge in [0, 0.05) is 19.2 Å². The SMILES string of the molecule is CNCc1cc(S(=O)(=O)NC2CCCOC2)ccc1C. The van der Waals surface area contributed by atoms with Crippen LogP contribution in [0, 0.1) is 6.92 Å². The topological polar surface area (TPSA) is 67.4 Å². The van der Waals surface area contributed by atoms with E-state index in [0.717, 1.165) is 30.6 Å². The zero-order valence-corrected chi connectivity index (χ0v) is 12.8. The van der Waals surface area contributed by atoms with Crippen molar-refractivity contribution in [3.05, 3.63) is 29.3 Å². The van der Waals surface area contributed by atoms with Crippen LogP contribution in [-0.4, -0.2) is 34.7 Å². The molecule has 0 radical (unpaired) electrons. The van der Waals surface area contributed by atoms with Gasteiger partial charge in [-0.1, -0.05) is 6.07 Å². The molecular formula is C14H22N2O3S. The third-order valence-corrected chi connectivity index (χ3v) is 5.00. The average molecular weight is 298 g/mol. The van der Waals surface area contributed by atoms with Crippen LogP contribution in [0.5, 0.6) is 0 Å². The minimum atomic E-state index is -3.48. The first kappa shape index (κ1) is 15.4. The Balaban J connectivity index is 2.17. The van der Waals surface area contributed by atoms with Crippen LogP contribution in [0.15, 0.2) is 23.1 Å². The van der Waals surface area contributed by atoms with E-state index in [1.807, 2.05) is 20.0 Å². The highest BCUT2D eigenvalue weighted by molar-refractivity contribution is 7.89. The van der Waals surface area contributed by atoms with E-state index in [1.54, 1.807) is 12.1 Å². The van der Waals surface area contributed by atoms with Crippen LogP contribution >= 0.6 is 0 Å². The second-order valence-corrected chi connectivity index (χ2v) is 6.87. The highest BCUT2D eigenvalue weighted by Crippen LogP contribution is 2.17. The summed E-state index contributed by atoms with van der Waals surface area (Å²) in [5, 5.41) is 3.05. The maximum absolute atomic E-state index is 12.4. The van der Waals surface area contributed by atoms with Crippen LogP contribution in [0.1, 0.15) is 24.0 Å². The Kier molecular flexibility index (Phi) is 5.15. The van der Waals surface area contributed by atoms with Crippen molar-refractivity contribution in [2.45, 2.75) is 37.2 Å². The van der Waals surface area contributed by atoms with Gasteiger partial charge in [-0.3, -0.25) is 0 Å². The third kappa shape index (κ3) is 3.79. The number of hydrogen-bond donors (Lipinski definition) is 2. The highest BCUT2D eigenvalue weighted by atomic mass is 32.2. The molecule has 5 nitrogen and oxygen atoms in total. The van der Waals surface area contributed by atoms with E-state index >= 15 is 0 Å². The van der Waals surface area contributed by atoms with Crippen molar-refractivity contribution in [1.82, 2.24) is 10.0 Å². The second-order valence-electron chi connectivity index (χ2n) is 5.15. The minimum Gasteiger partial charge on any atom is -0.380 e. The Morgan fingerprint density at radius 1 is 1.40 bits per heavy atom. The molecule has 2 rings (SSSR count). The summed E-state index contributed by atoms with van der Waals surface area (Å²) in [6, 6.07) is 5.11. The van der Waals surface area contributed by atoms with E-state index in [-0.39, 0.29) is 6.04 Å². The summed E-state index contributed by atoms with van der Waals surface area (Å²) >= 11 is 0. The molecule has 0 spiro atoms. The van der Waals surface area contributed by atoms with Crippen molar-refractivity contribution in [2.75, 3.05) is 20.3 Å². The highest BCUT2D eigenvalue weighted by Gasteiger charge is 2.22. The van der Waals surface area contributed by atoms with E-state index in [4.69, 9.17) is 4.74 Å². The van der Waals surface area contributed by atoms with Crippen LogP contribution in [-0.2, 0) is 21.3 Å². The van der Waals surface area contributed by atoms with Gasteiger partial charge in [0.2, 0.25) is 10.0 Å². The fraction of sp³-hybridized carbons (Fsp3) is 0.571. The Labute approximate surface area is 120 Å². The standard InChI is InChI=1S/C14H22N2O3S/c1-11-5-6-14(8-12(11)9-15-2)20(17,18)16-13-4-3-7-19-10-13/h5-6,8,13,15-16H,3-4,7,9-10H2,1-2H3. The monoisotopic (exact) mass is 298 g/mol. The number of ether oxygens (including phenoxy) is 1. The second kappa shape index (κ2) is 6.67. The van der Waals surface area contributed by atoms with E-state index < -0.39 is 10.0 Å². The lowest BCUT2D eigenvalue weighted by atomic mass is 10.1. The Bertz CT molecular complexity index is 552. The lowest BCUT2D eigenvalue weighted by Crippen LogP contribution is -2.40. The molecule has 112 valence electrons. The smallest absolute Gasteiger partial charge is 0.240 e. The van der Waals surface area contributed by atoms with Crippen molar-refractivity contribution in [3.63, 3.8) is 0 Å². The van der Waals surface area contributed by atoms with Crippen molar-refractivity contribution in [3.8, 4) is 0 Å². The molecule has 1 aromatic rings. The normalized spacial score (nSPS) is 20.0. The van der Waals surface area contributed by atoms with Crippen LogP contribution in [0.3, 0.4) is 0 Å². The molecule has 1 unspecified atom stereocenters. The number of sulfonamides is 1. The van der Waals surface area contributed by atoms with E-state index in [9.17, 15) is 8.42 Å². The van der Waals surface area contributed by atoms with Gasteiger partial charge in [-0.15, -0.1) is 0 Å². The molecule has 1 aliphatic rings. The predicted molar refractivity (Wildman–Crippen MR) is 78.1 cm³/mol. The summed E-state index contributed by atoms with van der Waals surface area (Å²) in [7, 11) is -1.63. The number of nitrogens with one attached hydrogen (secondary N) is 2. The van der Waals surface area contributed by atoms with Crippen molar-refractivity contribution >= 4 is 10.0 Å². The van der Waals surface area contributed by atoms with Gasteiger partial charge in [0.15, 0.2) is 0 Å². The average Bonchev–Trinajstić information content (AvgIpc) is 2.42. The Morgan fingerprint density at radius 2 is 2.20 bits per heavy atom. The largest absolute Gasteiger partial charge is 0.380 e. The van der Waals surface area contributed by atoms with Crippen molar-refractivity contribution in [2.24, 2.45) is 0 Å². The summed E-state index contributed by atoms with van der Waals surface area (Å²) in [6.07, 6.45) is 1.72. The first-order chi connectivity index (χ1) is 9.53. The maximum Gasteiger partial charge on any atom is 0.240 e. The number of aryl methyl sites for hydroxylation is 1. The van der Waals surface area contributed by atoms with E-state index in [2.05, 4.69) is 10.0 Å². The molecule has 1 fully saturated rings. The quantitative estimate of drug-likeness (QED) is 0.856. The summed E-state index contributed by atoms with van der Waals surface area (Å²) in [5.74, 6) is 0. The summed E-state index contributed by atoms with van der Waals surface area (Å²) in [6.45, 7) is 3.80. The minimum absolute atomic E-state index is 0.122. The molecule has 6 heteroatoms. The number of benzene rings is 1. The molecule has 1 heterocycles. The van der Waals surface area contributed by atoms with Crippen LogP contribution in [0.2, 0.25) is 0 Å². The van der Waals surface area contributed by atoms with Crippen molar-refractivity contribution < 1.29 is 13.2 Å². The van der Waals surface area contributed by atoms with Crippen LogP contribution in [0.4, 0.5) is 0 Å². The summed E-state index contributed by atoms with van der Waals surface area (Å²) < 4.78 is 32.8. The lowest BCUT2D eigenvalue weighted by Gasteiger charge is -2.23. The van der Waals surface area contributed by atoms with Crippen LogP contribution in [0.25, 0.3) is 0 Å². The van der Waals surface area contributed by atoms with Gasteiger partial charge in [0.1, 0.15) is 0 Å². The fourth-order valence-corrected chi connectivity index (χ4v) is 3.62. The van der Waals surface area contributed by atoms with Gasteiger partial charge < -0.3 is 10.1 Å². The molecule has 1 atom stereocenters. The predicted octanol–water partition coefficient (Wildman–Crippen LogP) is 1.17. The van der Waals surface area contributed by atoms with Gasteiger partial charge in [-0.25, -0.2) is 13.1 Å². The van der Waals surface area contributed by atoms with E-state index in [0.29, 0.717) is 18.0 Å². The fourth-order valence-electron chi connectivity index (χ4n) is 2.32. The molecule has 0 saturated carbocycles. The molecule has 20 heavy (non-hydrogen) atoms. The molecular weight excluding hydrogens is 276 g/mol. The first-order valence-corrected chi connectivity index (χ1v) is 8.35. The third-order valence-electron chi connectivity index (χ3n) is 3.48. The first-order valence-electron chi connectivity index (χ1n) is 6.87. The van der Waals surface area contributed by atoms with Gasteiger partial charge >= 0.3 is 0 Å². The zero-order valence-electron chi connectivity index (χ0n) is 12.0. The molecule has 2 N–H and O–H groups in total. The molecule has 0 amide bonds. The molecule has 0 bridgehead atoms. The number of hydrogen-bond acceptors (Lipinski definition) is 4. The summed E-state index contributed by atoms with van der Waals surface area (Å²) in [4.78, 5) is 0.318. The molecule has 1 aromatic carbocycles. The number of rotatable bonds is 5. The van der Waals surface area contributed by atoms with Crippen molar-refractivity contribution in [1.29, 1.82) is 0 Å². The Morgan fingerprint density at radius 3 is 2.85 bits per heavy atom. The molecule has 1 saturated heterocycles. The molecule has 0 aromatic heterocycles. The van der Waals surface area contributed by atoms with Gasteiger partial charge in [-0.05, 0) is 50.1 Å². The van der Waals surface area contributed by atoms with Gasteiger partial charge in [0.25, 0.3) is 0 Å². The van der Waals surface area contributed by atoms with Crippen LogP contribution < -0.4 is 10.0 Å². The lowest BCUT2D eigenvalue weighted by molar-refractivity contribution is 0.0774. The van der Waals surface area contributed by atoms with Gasteiger partial charge in [0.05, 0.1) is 11.5 Å².